The van der Waals surface area contributed by atoms with Gasteiger partial charge < -0.3 is 9.88 Å². The van der Waals surface area contributed by atoms with E-state index in [4.69, 9.17) is 0 Å². The average Bonchev–Trinajstić information content (AvgIpc) is 3.14. The summed E-state index contributed by atoms with van der Waals surface area (Å²) in [7, 11) is 1.89. The first kappa shape index (κ1) is 20.9. The number of aryl methyl sites for hydroxylation is 2. The molecule has 2 aromatic heterocycles. The Morgan fingerprint density at radius 1 is 1.10 bits per heavy atom. The lowest BCUT2D eigenvalue weighted by atomic mass is 10.1. The summed E-state index contributed by atoms with van der Waals surface area (Å²) < 4.78 is 41.8. The topological polar surface area (TPSA) is 59.8 Å². The summed E-state index contributed by atoms with van der Waals surface area (Å²) in [5.41, 5.74) is 0.319. The van der Waals surface area contributed by atoms with E-state index in [2.05, 4.69) is 15.3 Å². The van der Waals surface area contributed by atoms with E-state index in [0.717, 1.165) is 33.1 Å². The van der Waals surface area contributed by atoms with Crippen molar-refractivity contribution in [2.75, 3.05) is 5.32 Å². The maximum atomic E-state index is 13.3. The van der Waals surface area contributed by atoms with Crippen LogP contribution < -0.4 is 5.32 Å². The SMILES string of the molecule is Cc1cnc2c(NC(=O)c3ccccc3C(F)(F)F)cccc2c1Sc1nccn1C. The maximum Gasteiger partial charge on any atom is 0.417 e. The molecule has 0 fully saturated rings. The Balaban J connectivity index is 1.74. The second-order valence-corrected chi connectivity index (χ2v) is 7.87. The molecule has 2 aromatic carbocycles. The number of para-hydroxylation sites is 1. The lowest BCUT2D eigenvalue weighted by Crippen LogP contribution is -2.18. The van der Waals surface area contributed by atoms with Crippen LogP contribution in [0.3, 0.4) is 0 Å². The van der Waals surface area contributed by atoms with Gasteiger partial charge in [0.25, 0.3) is 5.91 Å². The van der Waals surface area contributed by atoms with E-state index in [0.29, 0.717) is 11.2 Å². The van der Waals surface area contributed by atoms with Gasteiger partial charge in [0.15, 0.2) is 5.16 Å². The molecule has 1 N–H and O–H groups in total. The quantitative estimate of drug-likeness (QED) is 0.441. The Morgan fingerprint density at radius 3 is 2.58 bits per heavy atom. The number of pyridine rings is 1. The number of nitrogens with one attached hydrogen (secondary N) is 1. The van der Waals surface area contributed by atoms with Crippen molar-refractivity contribution < 1.29 is 18.0 Å². The number of benzene rings is 2. The van der Waals surface area contributed by atoms with E-state index < -0.39 is 23.2 Å². The minimum atomic E-state index is -4.63. The molecule has 0 aliphatic rings. The third-order valence-corrected chi connectivity index (χ3v) is 6.04. The summed E-state index contributed by atoms with van der Waals surface area (Å²) in [5.74, 6) is -0.846. The van der Waals surface area contributed by atoms with Crippen molar-refractivity contribution in [1.29, 1.82) is 0 Å². The molecule has 4 rings (SSSR count). The number of halogens is 3. The maximum absolute atomic E-state index is 13.3. The number of carbonyl (C=O) groups excluding carboxylic acids is 1. The normalized spacial score (nSPS) is 11.6. The highest BCUT2D eigenvalue weighted by molar-refractivity contribution is 7.99. The number of hydrogen-bond donors (Lipinski definition) is 1. The second-order valence-electron chi connectivity index (χ2n) is 6.89. The van der Waals surface area contributed by atoms with Gasteiger partial charge >= 0.3 is 6.18 Å². The van der Waals surface area contributed by atoms with Gasteiger partial charge in [0.1, 0.15) is 0 Å². The predicted molar refractivity (Wildman–Crippen MR) is 113 cm³/mol. The van der Waals surface area contributed by atoms with Gasteiger partial charge in [-0.05, 0) is 30.7 Å². The number of anilines is 1. The van der Waals surface area contributed by atoms with Gasteiger partial charge in [0, 0.05) is 35.9 Å². The van der Waals surface area contributed by atoms with Gasteiger partial charge in [-0.15, -0.1) is 0 Å². The van der Waals surface area contributed by atoms with Crippen LogP contribution in [0.25, 0.3) is 10.9 Å². The Labute approximate surface area is 180 Å². The second kappa shape index (κ2) is 8.07. The molecule has 0 spiro atoms. The Kier molecular flexibility index (Phi) is 5.45. The summed E-state index contributed by atoms with van der Waals surface area (Å²) >= 11 is 1.46. The molecule has 0 aliphatic heterocycles. The number of aromatic nitrogens is 3. The van der Waals surface area contributed by atoms with Crippen molar-refractivity contribution >= 4 is 34.3 Å². The van der Waals surface area contributed by atoms with Gasteiger partial charge in [-0.2, -0.15) is 13.2 Å². The number of fused-ring (bicyclic) bond motifs is 1. The number of amides is 1. The molecule has 4 aromatic rings. The minimum Gasteiger partial charge on any atom is -0.329 e. The van der Waals surface area contributed by atoms with Crippen LogP contribution >= 0.6 is 11.8 Å². The zero-order chi connectivity index (χ0) is 22.2. The molecule has 0 saturated carbocycles. The van der Waals surface area contributed by atoms with Crippen molar-refractivity contribution in [3.63, 3.8) is 0 Å². The van der Waals surface area contributed by atoms with Crippen molar-refractivity contribution in [3.05, 3.63) is 77.7 Å². The molecule has 158 valence electrons. The van der Waals surface area contributed by atoms with Crippen LogP contribution in [0.2, 0.25) is 0 Å². The van der Waals surface area contributed by atoms with Gasteiger partial charge in [-0.3, -0.25) is 9.78 Å². The van der Waals surface area contributed by atoms with Gasteiger partial charge in [0.2, 0.25) is 0 Å². The van der Waals surface area contributed by atoms with E-state index in [1.165, 1.54) is 23.9 Å². The summed E-state index contributed by atoms with van der Waals surface area (Å²) in [6, 6.07) is 9.91. The molecule has 0 unspecified atom stereocenters. The molecule has 31 heavy (non-hydrogen) atoms. The largest absolute Gasteiger partial charge is 0.417 e. The lowest BCUT2D eigenvalue weighted by Gasteiger charge is -2.15. The Morgan fingerprint density at radius 2 is 1.87 bits per heavy atom. The fourth-order valence-corrected chi connectivity index (χ4v) is 4.18. The molecule has 0 radical (unpaired) electrons. The first-order valence-corrected chi connectivity index (χ1v) is 10.1. The van der Waals surface area contributed by atoms with E-state index in [-0.39, 0.29) is 0 Å². The van der Waals surface area contributed by atoms with Crippen LogP contribution in [-0.4, -0.2) is 20.4 Å². The fourth-order valence-electron chi connectivity index (χ4n) is 3.19. The highest BCUT2D eigenvalue weighted by Crippen LogP contribution is 2.37. The molecule has 0 aliphatic carbocycles. The fraction of sp³-hybridized carbons (Fsp3) is 0.136. The monoisotopic (exact) mass is 442 g/mol. The molecular formula is C22H17F3N4OS. The van der Waals surface area contributed by atoms with Crippen LogP contribution in [0.4, 0.5) is 18.9 Å². The van der Waals surface area contributed by atoms with Crippen molar-refractivity contribution in [2.45, 2.75) is 23.2 Å². The van der Waals surface area contributed by atoms with Crippen LogP contribution in [0.15, 0.2) is 71.1 Å². The van der Waals surface area contributed by atoms with Crippen LogP contribution in [-0.2, 0) is 13.2 Å². The van der Waals surface area contributed by atoms with E-state index in [1.54, 1.807) is 24.5 Å². The summed E-state index contributed by atoms with van der Waals surface area (Å²) in [6.45, 7) is 1.92. The van der Waals surface area contributed by atoms with Crippen LogP contribution in [0.5, 0.6) is 0 Å². The zero-order valence-corrected chi connectivity index (χ0v) is 17.4. The third kappa shape index (κ3) is 4.13. The molecule has 1 amide bonds. The molecule has 0 atom stereocenters. The van der Waals surface area contributed by atoms with Crippen LogP contribution in [0.1, 0.15) is 21.5 Å². The summed E-state index contributed by atoms with van der Waals surface area (Å²) in [5, 5.41) is 4.15. The van der Waals surface area contributed by atoms with E-state index in [9.17, 15) is 18.0 Å². The predicted octanol–water partition coefficient (Wildman–Crippen LogP) is 5.70. The Bertz CT molecular complexity index is 1280. The number of imidazole rings is 1. The van der Waals surface area contributed by atoms with Crippen molar-refractivity contribution in [3.8, 4) is 0 Å². The molecule has 5 nitrogen and oxygen atoms in total. The minimum absolute atomic E-state index is 0.334. The molecular weight excluding hydrogens is 425 g/mol. The number of hydrogen-bond acceptors (Lipinski definition) is 4. The van der Waals surface area contributed by atoms with E-state index >= 15 is 0 Å². The van der Waals surface area contributed by atoms with Crippen molar-refractivity contribution in [1.82, 2.24) is 14.5 Å². The van der Waals surface area contributed by atoms with Gasteiger partial charge in [-0.1, -0.05) is 36.0 Å². The lowest BCUT2D eigenvalue weighted by molar-refractivity contribution is -0.137. The number of carbonyl (C=O) groups is 1. The number of nitrogens with zero attached hydrogens (tertiary/aromatic N) is 3. The molecule has 9 heteroatoms. The third-order valence-electron chi connectivity index (χ3n) is 4.72. The van der Waals surface area contributed by atoms with Gasteiger partial charge in [0.05, 0.1) is 22.3 Å². The first-order chi connectivity index (χ1) is 14.8. The molecule has 0 bridgehead atoms. The zero-order valence-electron chi connectivity index (χ0n) is 16.6. The van der Waals surface area contributed by atoms with Crippen LogP contribution in [0, 0.1) is 6.92 Å². The highest BCUT2D eigenvalue weighted by atomic mass is 32.2. The van der Waals surface area contributed by atoms with Crippen molar-refractivity contribution in [2.24, 2.45) is 7.05 Å². The summed E-state index contributed by atoms with van der Waals surface area (Å²) in [4.78, 5) is 22.4. The highest BCUT2D eigenvalue weighted by Gasteiger charge is 2.35. The average molecular weight is 442 g/mol. The molecule has 0 saturated heterocycles. The van der Waals surface area contributed by atoms with Gasteiger partial charge in [-0.25, -0.2) is 4.98 Å². The van der Waals surface area contributed by atoms with E-state index in [1.807, 2.05) is 30.8 Å². The number of rotatable bonds is 4. The Hall–Kier alpha value is -3.33. The summed E-state index contributed by atoms with van der Waals surface area (Å²) in [6.07, 6.45) is 0.580. The number of alkyl halides is 3. The molecule has 2 heterocycles. The standard InChI is InChI=1S/C22H17F3N4OS/c1-13-12-27-18-15(19(13)31-21-26-10-11-29(21)2)7-5-9-17(18)28-20(30)14-6-3-4-8-16(14)22(23,24)25/h3-12H,1-2H3,(H,28,30). The first-order valence-electron chi connectivity index (χ1n) is 9.27. The smallest absolute Gasteiger partial charge is 0.329 e.